The zero-order valence-electron chi connectivity index (χ0n) is 15.6. The first kappa shape index (κ1) is 19.4. The molecule has 0 spiro atoms. The Morgan fingerprint density at radius 1 is 1.39 bits per heavy atom. The van der Waals surface area contributed by atoms with Gasteiger partial charge in [0.25, 0.3) is 0 Å². The second-order valence-corrected chi connectivity index (χ2v) is 7.96. The Labute approximate surface area is 168 Å². The Kier molecular flexibility index (Phi) is 5.73. The third kappa shape index (κ3) is 4.10. The average Bonchev–Trinajstić information content (AvgIpc) is 3.46. The van der Waals surface area contributed by atoms with Gasteiger partial charge in [0.1, 0.15) is 11.9 Å². The number of piperidine rings is 1. The number of nitrogens with zero attached hydrogens (tertiary/aromatic N) is 3. The van der Waals surface area contributed by atoms with Crippen molar-refractivity contribution in [1.82, 2.24) is 20.3 Å². The number of likely N-dealkylation sites (tertiary alicyclic amines) is 1. The van der Waals surface area contributed by atoms with Crippen molar-refractivity contribution in [2.24, 2.45) is 0 Å². The Hall–Kier alpha value is -1.87. The Morgan fingerprint density at radius 2 is 2.21 bits per heavy atom. The fraction of sp³-hybridized carbons (Fsp3) is 0.579. The molecule has 0 radical (unpaired) electrons. The standard InChI is InChI=1S/C19H25ClN4O4/c20-12-3-6-17-15(8-12)16(22-28-17)9-21-19(27)24(13-4-5-13)14-2-1-7-23(10-14)18(26)11-25/h3,6,8,13-14,18,25-26H,1-2,4-5,7,9-11H2,(H,21,27)/t14-,18?/m1/s1. The maximum atomic E-state index is 13.0. The number of hydrogen-bond acceptors (Lipinski definition) is 6. The number of urea groups is 1. The number of amides is 2. The fourth-order valence-electron chi connectivity index (χ4n) is 3.92. The summed E-state index contributed by atoms with van der Waals surface area (Å²) in [5.41, 5.74) is 1.27. The van der Waals surface area contributed by atoms with Gasteiger partial charge in [0, 0.05) is 35.6 Å². The Bertz CT molecular complexity index is 840. The molecule has 1 aromatic heterocycles. The molecule has 9 heteroatoms. The average molecular weight is 409 g/mol. The summed E-state index contributed by atoms with van der Waals surface area (Å²) in [4.78, 5) is 16.7. The molecule has 0 bridgehead atoms. The molecule has 2 fully saturated rings. The lowest BCUT2D eigenvalue weighted by atomic mass is 10.0. The van der Waals surface area contributed by atoms with Crippen LogP contribution in [0.2, 0.25) is 5.02 Å². The second kappa shape index (κ2) is 8.24. The number of carbonyl (C=O) groups excluding carboxylic acids is 1. The number of hydrogen-bond donors (Lipinski definition) is 3. The lowest BCUT2D eigenvalue weighted by molar-refractivity contribution is -0.0571. The van der Waals surface area contributed by atoms with E-state index < -0.39 is 6.23 Å². The first-order valence-electron chi connectivity index (χ1n) is 9.69. The van der Waals surface area contributed by atoms with Crippen molar-refractivity contribution in [2.45, 2.75) is 50.5 Å². The smallest absolute Gasteiger partial charge is 0.318 e. The van der Waals surface area contributed by atoms with Gasteiger partial charge < -0.3 is 25.0 Å². The van der Waals surface area contributed by atoms with Crippen LogP contribution in [0.4, 0.5) is 4.79 Å². The number of fused-ring (bicyclic) bond motifs is 1. The first-order valence-corrected chi connectivity index (χ1v) is 10.1. The largest absolute Gasteiger partial charge is 0.392 e. The number of aliphatic hydroxyl groups excluding tert-OH is 2. The molecule has 2 aromatic rings. The SMILES string of the molecule is O=C(NCc1noc2ccc(Cl)cc12)N(C1CC1)[C@@H]1CCCN(C(O)CO)C1. The zero-order valence-corrected chi connectivity index (χ0v) is 16.3. The van der Waals surface area contributed by atoms with E-state index in [0.29, 0.717) is 22.8 Å². The molecule has 1 saturated heterocycles. The van der Waals surface area contributed by atoms with Crippen LogP contribution >= 0.6 is 11.6 Å². The van der Waals surface area contributed by atoms with E-state index in [0.717, 1.165) is 37.6 Å². The van der Waals surface area contributed by atoms with E-state index in [-0.39, 0.29) is 31.3 Å². The lowest BCUT2D eigenvalue weighted by Crippen LogP contribution is -2.56. The van der Waals surface area contributed by atoms with Crippen molar-refractivity contribution < 1.29 is 19.5 Å². The highest BCUT2D eigenvalue weighted by Gasteiger charge is 2.39. The highest BCUT2D eigenvalue weighted by Crippen LogP contribution is 2.32. The molecular weight excluding hydrogens is 384 g/mol. The molecule has 8 nitrogen and oxygen atoms in total. The molecule has 1 saturated carbocycles. The van der Waals surface area contributed by atoms with Crippen molar-refractivity contribution in [3.8, 4) is 0 Å². The molecule has 1 unspecified atom stereocenters. The molecule has 2 aliphatic rings. The fourth-order valence-corrected chi connectivity index (χ4v) is 4.09. The van der Waals surface area contributed by atoms with Crippen LogP contribution in [0.1, 0.15) is 31.4 Å². The number of aromatic nitrogens is 1. The van der Waals surface area contributed by atoms with Crippen LogP contribution < -0.4 is 5.32 Å². The summed E-state index contributed by atoms with van der Waals surface area (Å²) in [6.07, 6.45) is 2.88. The minimum atomic E-state index is -0.877. The molecule has 1 aromatic carbocycles. The molecule has 152 valence electrons. The van der Waals surface area contributed by atoms with Gasteiger partial charge in [-0.2, -0.15) is 0 Å². The number of nitrogens with one attached hydrogen (secondary N) is 1. The summed E-state index contributed by atoms with van der Waals surface area (Å²) in [5, 5.41) is 27.6. The van der Waals surface area contributed by atoms with Crippen LogP contribution in [0.3, 0.4) is 0 Å². The van der Waals surface area contributed by atoms with Crippen molar-refractivity contribution in [3.05, 3.63) is 28.9 Å². The predicted molar refractivity (Wildman–Crippen MR) is 104 cm³/mol. The summed E-state index contributed by atoms with van der Waals surface area (Å²) >= 11 is 6.06. The van der Waals surface area contributed by atoms with Gasteiger partial charge in [-0.3, -0.25) is 4.90 Å². The molecule has 4 rings (SSSR count). The molecule has 2 heterocycles. The van der Waals surface area contributed by atoms with Gasteiger partial charge in [-0.25, -0.2) is 4.79 Å². The Morgan fingerprint density at radius 3 is 2.96 bits per heavy atom. The van der Waals surface area contributed by atoms with Crippen molar-refractivity contribution >= 4 is 28.6 Å². The summed E-state index contributed by atoms with van der Waals surface area (Å²) < 4.78 is 5.29. The normalized spacial score (nSPS) is 21.6. The van der Waals surface area contributed by atoms with Gasteiger partial charge in [0.15, 0.2) is 5.58 Å². The number of rotatable bonds is 6. The molecule has 1 aliphatic carbocycles. The summed E-state index contributed by atoms with van der Waals surface area (Å²) in [6.45, 7) is 1.24. The molecular formula is C19H25ClN4O4. The van der Waals surface area contributed by atoms with E-state index in [1.807, 2.05) is 9.80 Å². The van der Waals surface area contributed by atoms with Gasteiger partial charge in [-0.05, 0) is 43.9 Å². The topological polar surface area (TPSA) is 102 Å². The van der Waals surface area contributed by atoms with E-state index in [9.17, 15) is 15.0 Å². The van der Waals surface area contributed by atoms with Crippen LogP contribution in [0.5, 0.6) is 0 Å². The number of benzene rings is 1. The molecule has 1 aliphatic heterocycles. The molecule has 28 heavy (non-hydrogen) atoms. The third-order valence-corrected chi connectivity index (χ3v) is 5.73. The predicted octanol–water partition coefficient (Wildman–Crippen LogP) is 1.93. The zero-order chi connectivity index (χ0) is 19.7. The summed E-state index contributed by atoms with van der Waals surface area (Å²) in [7, 11) is 0. The van der Waals surface area contributed by atoms with Gasteiger partial charge in [-0.15, -0.1) is 0 Å². The summed E-state index contributed by atoms with van der Waals surface area (Å²) in [5.74, 6) is 0. The van der Waals surface area contributed by atoms with Crippen LogP contribution in [0.25, 0.3) is 11.0 Å². The third-order valence-electron chi connectivity index (χ3n) is 5.49. The van der Waals surface area contributed by atoms with E-state index in [2.05, 4.69) is 10.5 Å². The monoisotopic (exact) mass is 408 g/mol. The minimum Gasteiger partial charge on any atom is -0.392 e. The molecule has 2 amide bonds. The van der Waals surface area contributed by atoms with Crippen molar-refractivity contribution in [1.29, 1.82) is 0 Å². The second-order valence-electron chi connectivity index (χ2n) is 7.52. The minimum absolute atomic E-state index is 0.0194. The quantitative estimate of drug-likeness (QED) is 0.675. The number of aliphatic hydroxyl groups is 2. The van der Waals surface area contributed by atoms with E-state index in [4.69, 9.17) is 16.1 Å². The molecule has 3 N–H and O–H groups in total. The van der Waals surface area contributed by atoms with Gasteiger partial charge in [0.2, 0.25) is 0 Å². The van der Waals surface area contributed by atoms with Gasteiger partial charge in [-0.1, -0.05) is 16.8 Å². The van der Waals surface area contributed by atoms with Crippen LogP contribution in [0, 0.1) is 0 Å². The van der Waals surface area contributed by atoms with Gasteiger partial charge >= 0.3 is 6.03 Å². The van der Waals surface area contributed by atoms with Gasteiger partial charge in [0.05, 0.1) is 13.2 Å². The van der Waals surface area contributed by atoms with E-state index >= 15 is 0 Å². The molecule has 2 atom stereocenters. The van der Waals surface area contributed by atoms with Crippen LogP contribution in [0.15, 0.2) is 22.7 Å². The van der Waals surface area contributed by atoms with E-state index in [1.165, 1.54) is 0 Å². The van der Waals surface area contributed by atoms with Crippen LogP contribution in [-0.4, -0.2) is 69.2 Å². The number of halogens is 1. The highest BCUT2D eigenvalue weighted by atomic mass is 35.5. The maximum Gasteiger partial charge on any atom is 0.318 e. The lowest BCUT2D eigenvalue weighted by Gasteiger charge is -2.40. The van der Waals surface area contributed by atoms with Crippen molar-refractivity contribution in [2.75, 3.05) is 19.7 Å². The van der Waals surface area contributed by atoms with Crippen molar-refractivity contribution in [3.63, 3.8) is 0 Å². The summed E-state index contributed by atoms with van der Waals surface area (Å²) in [6, 6.07) is 5.40. The van der Waals surface area contributed by atoms with E-state index in [1.54, 1.807) is 18.2 Å². The van der Waals surface area contributed by atoms with Crippen LogP contribution in [-0.2, 0) is 6.54 Å². The Balaban J connectivity index is 1.43. The number of carbonyl (C=O) groups is 1. The highest BCUT2D eigenvalue weighted by molar-refractivity contribution is 6.31. The maximum absolute atomic E-state index is 13.0. The first-order chi connectivity index (χ1) is 13.6.